The summed E-state index contributed by atoms with van der Waals surface area (Å²) in [5.74, 6) is -0.0278. The number of nitrogens with one attached hydrogen (secondary N) is 1. The first-order valence-electron chi connectivity index (χ1n) is 9.46. The van der Waals surface area contributed by atoms with Crippen LogP contribution in [0.1, 0.15) is 26.3 Å². The minimum atomic E-state index is -0.0278. The van der Waals surface area contributed by atoms with Gasteiger partial charge < -0.3 is 10.2 Å². The molecule has 0 saturated heterocycles. The fraction of sp³-hybridized carbons (Fsp3) is 0.208. The summed E-state index contributed by atoms with van der Waals surface area (Å²) in [5.41, 5.74) is 4.32. The van der Waals surface area contributed by atoms with E-state index >= 15 is 0 Å². The molecule has 0 saturated carbocycles. The van der Waals surface area contributed by atoms with Crippen LogP contribution in [0.5, 0.6) is 0 Å². The van der Waals surface area contributed by atoms with Gasteiger partial charge in [-0.3, -0.25) is 4.79 Å². The van der Waals surface area contributed by atoms with Crippen molar-refractivity contribution in [2.45, 2.75) is 36.0 Å². The van der Waals surface area contributed by atoms with Gasteiger partial charge in [0.15, 0.2) is 0 Å². The maximum Gasteiger partial charge on any atom is 0.244 e. The Labute approximate surface area is 170 Å². The Hall–Kier alpha value is -2.72. The summed E-state index contributed by atoms with van der Waals surface area (Å²) in [7, 11) is 0. The Bertz CT molecular complexity index is 960. The van der Waals surface area contributed by atoms with Crippen molar-refractivity contribution >= 4 is 34.7 Å². The van der Waals surface area contributed by atoms with Gasteiger partial charge in [-0.2, -0.15) is 0 Å². The molecule has 28 heavy (non-hydrogen) atoms. The summed E-state index contributed by atoms with van der Waals surface area (Å²) in [6.07, 6.45) is 0. The van der Waals surface area contributed by atoms with Crippen LogP contribution in [0.3, 0.4) is 0 Å². The van der Waals surface area contributed by atoms with Crippen LogP contribution < -0.4 is 10.2 Å². The lowest BCUT2D eigenvalue weighted by Gasteiger charge is -2.32. The molecule has 3 aromatic carbocycles. The molecule has 0 unspecified atom stereocenters. The summed E-state index contributed by atoms with van der Waals surface area (Å²) < 4.78 is 0. The van der Waals surface area contributed by atoms with Gasteiger partial charge in [0.1, 0.15) is 6.54 Å². The van der Waals surface area contributed by atoms with Gasteiger partial charge in [-0.05, 0) is 47.4 Å². The average Bonchev–Trinajstić information content (AvgIpc) is 2.67. The van der Waals surface area contributed by atoms with E-state index in [0.717, 1.165) is 17.1 Å². The van der Waals surface area contributed by atoms with E-state index in [2.05, 4.69) is 67.4 Å². The minimum absolute atomic E-state index is 0.0278. The molecule has 1 N–H and O–H groups in total. The molecule has 142 valence electrons. The molecule has 0 radical (unpaired) electrons. The van der Waals surface area contributed by atoms with Crippen molar-refractivity contribution in [1.82, 2.24) is 0 Å². The largest absolute Gasteiger partial charge is 0.330 e. The molecule has 3 nitrogen and oxygen atoms in total. The minimum Gasteiger partial charge on any atom is -0.330 e. The highest BCUT2D eigenvalue weighted by atomic mass is 32.2. The molecule has 0 spiro atoms. The molecule has 3 aromatic rings. The van der Waals surface area contributed by atoms with E-state index in [9.17, 15) is 4.79 Å². The molecule has 0 aliphatic carbocycles. The van der Waals surface area contributed by atoms with Gasteiger partial charge in [-0.25, -0.2) is 0 Å². The third kappa shape index (κ3) is 3.78. The summed E-state index contributed by atoms with van der Waals surface area (Å²) in [5, 5.41) is 3.04. The fourth-order valence-electron chi connectivity index (χ4n) is 3.35. The first kappa shape index (κ1) is 18.6. The van der Waals surface area contributed by atoms with Crippen LogP contribution >= 0.6 is 11.8 Å². The van der Waals surface area contributed by atoms with Crippen molar-refractivity contribution in [3.8, 4) is 0 Å². The van der Waals surface area contributed by atoms with Crippen LogP contribution in [-0.2, 0) is 10.2 Å². The number of amides is 1. The number of para-hydroxylation sites is 2. The predicted octanol–water partition coefficient (Wildman–Crippen LogP) is 6.23. The third-order valence-corrected chi connectivity index (χ3v) is 6.00. The fourth-order valence-corrected chi connectivity index (χ4v) is 4.44. The lowest BCUT2D eigenvalue weighted by molar-refractivity contribution is -0.114. The normalized spacial score (nSPS) is 12.9. The van der Waals surface area contributed by atoms with Crippen LogP contribution in [0.15, 0.2) is 82.6 Å². The van der Waals surface area contributed by atoms with Crippen molar-refractivity contribution in [2.75, 3.05) is 16.8 Å². The van der Waals surface area contributed by atoms with E-state index in [1.54, 1.807) is 11.8 Å². The van der Waals surface area contributed by atoms with Gasteiger partial charge in [-0.15, -0.1) is 0 Å². The highest BCUT2D eigenvalue weighted by molar-refractivity contribution is 7.99. The number of fused-ring (bicyclic) bond motifs is 2. The van der Waals surface area contributed by atoms with Crippen molar-refractivity contribution in [1.29, 1.82) is 0 Å². The van der Waals surface area contributed by atoms with Crippen molar-refractivity contribution in [3.05, 3.63) is 78.4 Å². The summed E-state index contributed by atoms with van der Waals surface area (Å²) >= 11 is 1.75. The van der Waals surface area contributed by atoms with Crippen molar-refractivity contribution in [3.63, 3.8) is 0 Å². The molecular formula is C24H24N2OS. The van der Waals surface area contributed by atoms with Gasteiger partial charge in [0.2, 0.25) is 5.91 Å². The number of benzene rings is 3. The number of rotatable bonds is 3. The molecule has 0 fully saturated rings. The van der Waals surface area contributed by atoms with Crippen molar-refractivity contribution < 1.29 is 4.79 Å². The topological polar surface area (TPSA) is 32.3 Å². The molecule has 1 aliphatic rings. The zero-order valence-corrected chi connectivity index (χ0v) is 17.2. The van der Waals surface area contributed by atoms with Crippen molar-refractivity contribution in [2.24, 2.45) is 0 Å². The van der Waals surface area contributed by atoms with E-state index in [4.69, 9.17) is 0 Å². The van der Waals surface area contributed by atoms with E-state index < -0.39 is 0 Å². The quantitative estimate of drug-likeness (QED) is 0.577. The summed E-state index contributed by atoms with van der Waals surface area (Å²) in [4.78, 5) is 17.3. The van der Waals surface area contributed by atoms with E-state index in [1.807, 2.05) is 36.4 Å². The Kier molecular flexibility index (Phi) is 4.90. The van der Waals surface area contributed by atoms with Crippen LogP contribution in [0.25, 0.3) is 0 Å². The molecule has 4 rings (SSSR count). The number of nitrogens with zero attached hydrogens (tertiary/aromatic N) is 1. The summed E-state index contributed by atoms with van der Waals surface area (Å²) in [6.45, 7) is 6.83. The lowest BCUT2D eigenvalue weighted by Crippen LogP contribution is -2.31. The Morgan fingerprint density at radius 1 is 0.857 bits per heavy atom. The van der Waals surface area contributed by atoms with Crippen LogP contribution in [-0.4, -0.2) is 12.5 Å². The second-order valence-corrected chi connectivity index (χ2v) is 9.08. The zero-order valence-electron chi connectivity index (χ0n) is 16.4. The van der Waals surface area contributed by atoms with E-state index in [-0.39, 0.29) is 17.9 Å². The summed E-state index contributed by atoms with van der Waals surface area (Å²) in [6, 6.07) is 24.6. The van der Waals surface area contributed by atoms with E-state index in [1.165, 1.54) is 15.4 Å². The van der Waals surface area contributed by atoms with Gasteiger partial charge >= 0.3 is 0 Å². The molecular weight excluding hydrogens is 364 g/mol. The maximum absolute atomic E-state index is 12.8. The molecule has 0 atom stereocenters. The molecule has 0 aromatic heterocycles. The molecule has 1 aliphatic heterocycles. The average molecular weight is 389 g/mol. The zero-order chi connectivity index (χ0) is 19.7. The lowest BCUT2D eigenvalue weighted by atomic mass is 9.87. The van der Waals surface area contributed by atoms with Gasteiger partial charge in [0.25, 0.3) is 0 Å². The maximum atomic E-state index is 12.8. The van der Waals surface area contributed by atoms with Gasteiger partial charge in [-0.1, -0.05) is 68.9 Å². The van der Waals surface area contributed by atoms with E-state index in [0.29, 0.717) is 0 Å². The number of carbonyl (C=O) groups excluding carboxylic acids is 1. The first-order valence-corrected chi connectivity index (χ1v) is 10.3. The first-order chi connectivity index (χ1) is 13.4. The SMILES string of the molecule is CC(C)(C)c1ccc(NC(=O)CN2c3ccccc3Sc3ccccc32)cc1. The second-order valence-electron chi connectivity index (χ2n) is 8.00. The number of hydrogen-bond donors (Lipinski definition) is 1. The molecule has 0 bridgehead atoms. The highest BCUT2D eigenvalue weighted by Crippen LogP contribution is 2.47. The number of carbonyl (C=O) groups is 1. The smallest absolute Gasteiger partial charge is 0.244 e. The standard InChI is InChI=1S/C24H24N2OS/c1-24(2,3)17-12-14-18(15-13-17)25-23(27)16-26-19-8-4-6-10-21(19)28-22-11-7-5-9-20(22)26/h4-15H,16H2,1-3H3,(H,25,27). The number of hydrogen-bond acceptors (Lipinski definition) is 3. The molecule has 1 heterocycles. The monoisotopic (exact) mass is 388 g/mol. The van der Waals surface area contributed by atoms with Crippen LogP contribution in [0, 0.1) is 0 Å². The van der Waals surface area contributed by atoms with Gasteiger partial charge in [0, 0.05) is 15.5 Å². The highest BCUT2D eigenvalue weighted by Gasteiger charge is 2.24. The molecule has 1 amide bonds. The Morgan fingerprint density at radius 2 is 1.39 bits per heavy atom. The molecule has 4 heteroatoms. The predicted molar refractivity (Wildman–Crippen MR) is 118 cm³/mol. The van der Waals surface area contributed by atoms with Gasteiger partial charge in [0.05, 0.1) is 11.4 Å². The third-order valence-electron chi connectivity index (χ3n) is 4.87. The second kappa shape index (κ2) is 7.36. The number of anilines is 3. The Morgan fingerprint density at radius 3 is 1.93 bits per heavy atom. The Balaban J connectivity index is 1.55. The van der Waals surface area contributed by atoms with Crippen LogP contribution in [0.4, 0.5) is 17.1 Å². The van der Waals surface area contributed by atoms with Crippen LogP contribution in [0.2, 0.25) is 0 Å².